The van der Waals surface area contributed by atoms with E-state index in [1.807, 2.05) is 0 Å². The van der Waals surface area contributed by atoms with Crippen molar-refractivity contribution in [3.05, 3.63) is 10.1 Å². The van der Waals surface area contributed by atoms with E-state index >= 15 is 0 Å². The number of ketones is 1. The minimum atomic E-state index is -1.82. The summed E-state index contributed by atoms with van der Waals surface area (Å²) in [5, 5.41) is 10.6. The highest BCUT2D eigenvalue weighted by Crippen LogP contribution is 2.18. The minimum Gasteiger partial charge on any atom is -0.464 e. The zero-order valence-electron chi connectivity index (χ0n) is 8.40. The second-order valence-electron chi connectivity index (χ2n) is 3.22. The molecule has 0 spiro atoms. The number of Topliss-reactive ketones (excluding diaryl/α,β-unsaturated/α-hetero) is 1. The number of carbonyl (C=O) groups is 2. The van der Waals surface area contributed by atoms with Crippen molar-refractivity contribution < 1.29 is 19.2 Å². The molecule has 0 saturated heterocycles. The number of methoxy groups -OCH3 is 1. The van der Waals surface area contributed by atoms with Crippen LogP contribution in [0.15, 0.2) is 0 Å². The quantitative estimate of drug-likeness (QED) is 0.370. The first kappa shape index (κ1) is 12.5. The Morgan fingerprint density at radius 2 is 2.00 bits per heavy atom. The summed E-state index contributed by atoms with van der Waals surface area (Å²) in [6, 6.07) is 0. The molecule has 0 rings (SSSR count). The molecule has 0 N–H and O–H groups in total. The molecule has 6 heteroatoms. The number of ether oxygens (including phenoxy) is 1. The van der Waals surface area contributed by atoms with Gasteiger partial charge in [-0.2, -0.15) is 0 Å². The Balaban J connectivity index is 4.64. The Kier molecular flexibility index (Phi) is 4.20. The van der Waals surface area contributed by atoms with Crippen molar-refractivity contribution >= 4 is 11.8 Å². The molecule has 6 nitrogen and oxygen atoms in total. The largest absolute Gasteiger partial charge is 0.464 e. The molecule has 0 amide bonds. The van der Waals surface area contributed by atoms with Gasteiger partial charge in [0.25, 0.3) is 0 Å². The van der Waals surface area contributed by atoms with Gasteiger partial charge in [-0.3, -0.25) is 10.1 Å². The van der Waals surface area contributed by atoms with Gasteiger partial charge in [0.1, 0.15) is 5.78 Å². The molecule has 0 heterocycles. The van der Waals surface area contributed by atoms with E-state index in [0.717, 1.165) is 14.0 Å². The SMILES string of the molecule is COC(=O)C(C)(CCC(C)=O)[N+](=O)[O-]. The van der Waals surface area contributed by atoms with Gasteiger partial charge in [-0.05, 0) is 6.92 Å². The van der Waals surface area contributed by atoms with Gasteiger partial charge >= 0.3 is 11.5 Å². The maximum Gasteiger partial charge on any atom is 0.384 e. The summed E-state index contributed by atoms with van der Waals surface area (Å²) >= 11 is 0. The first-order valence-electron chi connectivity index (χ1n) is 4.07. The van der Waals surface area contributed by atoms with E-state index in [1.54, 1.807) is 0 Å². The molecular formula is C8H13NO5. The van der Waals surface area contributed by atoms with E-state index in [1.165, 1.54) is 6.92 Å². The van der Waals surface area contributed by atoms with Crippen LogP contribution in [0.25, 0.3) is 0 Å². The zero-order chi connectivity index (χ0) is 11.4. The molecule has 0 aromatic carbocycles. The van der Waals surface area contributed by atoms with Gasteiger partial charge in [0.15, 0.2) is 0 Å². The highest BCUT2D eigenvalue weighted by atomic mass is 16.6. The Hall–Kier alpha value is -1.46. The van der Waals surface area contributed by atoms with Crippen LogP contribution in [-0.4, -0.2) is 29.3 Å². The number of hydrogen-bond acceptors (Lipinski definition) is 5. The second-order valence-corrected chi connectivity index (χ2v) is 3.22. The monoisotopic (exact) mass is 203 g/mol. The molecule has 0 radical (unpaired) electrons. The third-order valence-electron chi connectivity index (χ3n) is 1.99. The zero-order valence-corrected chi connectivity index (χ0v) is 8.40. The van der Waals surface area contributed by atoms with Gasteiger partial charge in [-0.25, -0.2) is 4.79 Å². The van der Waals surface area contributed by atoms with Gasteiger partial charge in [0.2, 0.25) is 0 Å². The third kappa shape index (κ3) is 2.79. The summed E-state index contributed by atoms with van der Waals surface area (Å²) in [7, 11) is 1.08. The summed E-state index contributed by atoms with van der Waals surface area (Å²) in [5.74, 6) is -1.12. The van der Waals surface area contributed by atoms with E-state index in [-0.39, 0.29) is 18.6 Å². The highest BCUT2D eigenvalue weighted by molar-refractivity contribution is 5.81. The van der Waals surface area contributed by atoms with Crippen LogP contribution in [0, 0.1) is 10.1 Å². The fourth-order valence-electron chi connectivity index (χ4n) is 0.907. The van der Waals surface area contributed by atoms with Crippen LogP contribution >= 0.6 is 0 Å². The molecule has 0 aliphatic heterocycles. The van der Waals surface area contributed by atoms with Crippen molar-refractivity contribution in [3.8, 4) is 0 Å². The highest BCUT2D eigenvalue weighted by Gasteiger charge is 2.46. The van der Waals surface area contributed by atoms with E-state index in [4.69, 9.17) is 0 Å². The average molecular weight is 203 g/mol. The van der Waals surface area contributed by atoms with Gasteiger partial charge in [0, 0.05) is 24.7 Å². The Morgan fingerprint density at radius 1 is 1.50 bits per heavy atom. The van der Waals surface area contributed by atoms with Crippen LogP contribution in [0.4, 0.5) is 0 Å². The topological polar surface area (TPSA) is 86.5 Å². The number of nitrogens with zero attached hydrogens (tertiary/aromatic N) is 1. The van der Waals surface area contributed by atoms with Crippen molar-refractivity contribution in [1.29, 1.82) is 0 Å². The van der Waals surface area contributed by atoms with Gasteiger partial charge in [-0.15, -0.1) is 0 Å². The molecular weight excluding hydrogens is 190 g/mol. The fourth-order valence-corrected chi connectivity index (χ4v) is 0.907. The first-order chi connectivity index (χ1) is 6.34. The van der Waals surface area contributed by atoms with Crippen LogP contribution in [0.3, 0.4) is 0 Å². The molecule has 0 bridgehead atoms. The van der Waals surface area contributed by atoms with Crippen molar-refractivity contribution in [2.45, 2.75) is 32.2 Å². The molecule has 1 unspecified atom stereocenters. The number of carbonyl (C=O) groups excluding carboxylic acids is 2. The Bertz CT molecular complexity index is 262. The molecule has 80 valence electrons. The lowest BCUT2D eigenvalue weighted by Crippen LogP contribution is -2.44. The summed E-state index contributed by atoms with van der Waals surface area (Å²) in [5.41, 5.74) is -1.82. The predicted octanol–water partition coefficient (Wildman–Crippen LogP) is 0.564. The molecule has 0 aliphatic carbocycles. The van der Waals surface area contributed by atoms with Crippen molar-refractivity contribution in [2.75, 3.05) is 7.11 Å². The number of hydrogen-bond donors (Lipinski definition) is 0. The minimum absolute atomic E-state index is 0.00736. The number of rotatable bonds is 5. The molecule has 0 fully saturated rings. The van der Waals surface area contributed by atoms with E-state index in [0.29, 0.717) is 0 Å². The van der Waals surface area contributed by atoms with Crippen molar-refractivity contribution in [3.63, 3.8) is 0 Å². The fraction of sp³-hybridized carbons (Fsp3) is 0.750. The normalized spacial score (nSPS) is 14.2. The van der Waals surface area contributed by atoms with Crippen LogP contribution < -0.4 is 0 Å². The molecule has 1 atom stereocenters. The predicted molar refractivity (Wildman–Crippen MR) is 47.3 cm³/mol. The van der Waals surface area contributed by atoms with E-state index < -0.39 is 16.4 Å². The Labute approximate surface area is 81.4 Å². The van der Waals surface area contributed by atoms with Crippen molar-refractivity contribution in [1.82, 2.24) is 0 Å². The molecule has 0 aromatic rings. The van der Waals surface area contributed by atoms with E-state index in [9.17, 15) is 19.7 Å². The van der Waals surface area contributed by atoms with Gasteiger partial charge < -0.3 is 9.53 Å². The summed E-state index contributed by atoms with van der Waals surface area (Å²) in [4.78, 5) is 31.7. The summed E-state index contributed by atoms with van der Waals surface area (Å²) in [6.45, 7) is 2.47. The lowest BCUT2D eigenvalue weighted by Gasteiger charge is -2.16. The maximum atomic E-state index is 11.1. The van der Waals surface area contributed by atoms with Crippen LogP contribution in [0.5, 0.6) is 0 Å². The third-order valence-corrected chi connectivity index (χ3v) is 1.99. The van der Waals surface area contributed by atoms with Crippen LogP contribution in [0.2, 0.25) is 0 Å². The molecule has 0 saturated carbocycles. The lowest BCUT2D eigenvalue weighted by molar-refractivity contribution is -0.551. The Morgan fingerprint density at radius 3 is 2.29 bits per heavy atom. The van der Waals surface area contributed by atoms with E-state index in [2.05, 4.69) is 4.74 Å². The van der Waals surface area contributed by atoms with Crippen molar-refractivity contribution in [2.24, 2.45) is 0 Å². The summed E-state index contributed by atoms with van der Waals surface area (Å²) in [6.07, 6.45) is -0.144. The maximum absolute atomic E-state index is 11.1. The second kappa shape index (κ2) is 4.69. The summed E-state index contributed by atoms with van der Waals surface area (Å²) < 4.78 is 4.32. The molecule has 14 heavy (non-hydrogen) atoms. The molecule has 0 aromatic heterocycles. The lowest BCUT2D eigenvalue weighted by atomic mass is 9.96. The number of esters is 1. The van der Waals surface area contributed by atoms with Crippen LogP contribution in [-0.2, 0) is 14.3 Å². The van der Waals surface area contributed by atoms with Gasteiger partial charge in [-0.1, -0.05) is 0 Å². The smallest absolute Gasteiger partial charge is 0.384 e. The van der Waals surface area contributed by atoms with Crippen LogP contribution in [0.1, 0.15) is 26.7 Å². The number of nitro groups is 1. The first-order valence-corrected chi connectivity index (χ1v) is 4.07. The standard InChI is InChI=1S/C8H13NO5/c1-6(10)4-5-8(2,9(12)13)7(11)14-3/h4-5H2,1-3H3. The van der Waals surface area contributed by atoms with Gasteiger partial charge in [0.05, 0.1) is 7.11 Å². The average Bonchev–Trinajstić information content (AvgIpc) is 2.12. The molecule has 0 aliphatic rings.